The van der Waals surface area contributed by atoms with E-state index in [9.17, 15) is 14.7 Å². The lowest BCUT2D eigenvalue weighted by molar-refractivity contribution is -0.164. The number of benzene rings is 1. The Morgan fingerprint density at radius 2 is 1.83 bits per heavy atom. The lowest BCUT2D eigenvalue weighted by Crippen LogP contribution is -2.52. The number of ether oxygens (including phenoxy) is 1. The van der Waals surface area contributed by atoms with Gasteiger partial charge < -0.3 is 19.6 Å². The Balaban J connectivity index is 1.51. The third-order valence-electron chi connectivity index (χ3n) is 4.89. The normalized spacial score (nSPS) is 19.5. The van der Waals surface area contributed by atoms with E-state index in [0.717, 1.165) is 24.9 Å². The smallest absolute Gasteiger partial charge is 0.309 e. The van der Waals surface area contributed by atoms with Crippen LogP contribution >= 0.6 is 0 Å². The van der Waals surface area contributed by atoms with Crippen molar-refractivity contribution in [1.82, 2.24) is 4.90 Å². The van der Waals surface area contributed by atoms with E-state index in [1.807, 2.05) is 12.1 Å². The highest BCUT2D eigenvalue weighted by molar-refractivity contribution is 5.84. The average molecular weight is 332 g/mol. The summed E-state index contributed by atoms with van der Waals surface area (Å²) in [7, 11) is 0. The number of carbonyl (C=O) groups is 2. The molecular formula is C18H24N2O4. The predicted molar refractivity (Wildman–Crippen MR) is 89.8 cm³/mol. The van der Waals surface area contributed by atoms with Crippen LogP contribution in [0.1, 0.15) is 26.2 Å². The van der Waals surface area contributed by atoms with Gasteiger partial charge in [0.25, 0.3) is 5.91 Å². The van der Waals surface area contributed by atoms with Crippen LogP contribution in [-0.4, -0.2) is 54.2 Å². The minimum atomic E-state index is -0.727. The molecule has 1 heterocycles. The summed E-state index contributed by atoms with van der Waals surface area (Å²) in [6.07, 6.45) is 2.09. The van der Waals surface area contributed by atoms with Crippen LogP contribution in [0.25, 0.3) is 0 Å². The number of hydrogen-bond acceptors (Lipinski definition) is 5. The Hall–Kier alpha value is -2.24. The number of piperazine rings is 1. The summed E-state index contributed by atoms with van der Waals surface area (Å²) in [5.41, 5.74) is 0.786. The molecule has 1 N–H and O–H groups in total. The fourth-order valence-electron chi connectivity index (χ4n) is 3.12. The maximum absolute atomic E-state index is 12.5. The minimum Gasteiger partial charge on any atom is -0.506 e. The second-order valence-corrected chi connectivity index (χ2v) is 6.51. The Bertz CT molecular complexity index is 607. The molecule has 0 bridgehead atoms. The number of rotatable bonds is 4. The first-order valence-corrected chi connectivity index (χ1v) is 8.58. The van der Waals surface area contributed by atoms with Crippen molar-refractivity contribution in [3.63, 3.8) is 0 Å². The maximum Gasteiger partial charge on any atom is 0.309 e. The van der Waals surface area contributed by atoms with Crippen molar-refractivity contribution in [2.75, 3.05) is 31.1 Å². The van der Waals surface area contributed by atoms with Gasteiger partial charge in [0.2, 0.25) is 0 Å². The van der Waals surface area contributed by atoms with E-state index in [-0.39, 0.29) is 23.5 Å². The minimum absolute atomic E-state index is 0.0156. The van der Waals surface area contributed by atoms with E-state index < -0.39 is 6.10 Å². The van der Waals surface area contributed by atoms with Crippen molar-refractivity contribution in [3.05, 3.63) is 24.3 Å². The highest BCUT2D eigenvalue weighted by atomic mass is 16.5. The third kappa shape index (κ3) is 3.47. The van der Waals surface area contributed by atoms with Gasteiger partial charge >= 0.3 is 5.97 Å². The third-order valence-corrected chi connectivity index (χ3v) is 4.89. The molecule has 0 spiro atoms. The van der Waals surface area contributed by atoms with Crippen LogP contribution in [0.5, 0.6) is 5.75 Å². The molecule has 6 heteroatoms. The molecule has 2 aliphatic rings. The quantitative estimate of drug-likeness (QED) is 0.851. The van der Waals surface area contributed by atoms with E-state index in [2.05, 4.69) is 4.90 Å². The number of esters is 1. The molecule has 1 unspecified atom stereocenters. The zero-order valence-corrected chi connectivity index (χ0v) is 14.0. The highest BCUT2D eigenvalue weighted by Gasteiger charge is 2.32. The van der Waals surface area contributed by atoms with Crippen molar-refractivity contribution in [3.8, 4) is 5.75 Å². The van der Waals surface area contributed by atoms with Gasteiger partial charge in [-0.1, -0.05) is 18.6 Å². The second kappa shape index (κ2) is 7.11. The molecule has 1 amide bonds. The lowest BCUT2D eigenvalue weighted by Gasteiger charge is -2.37. The largest absolute Gasteiger partial charge is 0.506 e. The molecule has 1 aromatic rings. The molecule has 24 heavy (non-hydrogen) atoms. The van der Waals surface area contributed by atoms with E-state index >= 15 is 0 Å². The van der Waals surface area contributed by atoms with E-state index in [1.54, 1.807) is 24.0 Å². The first-order chi connectivity index (χ1) is 11.6. The Kier molecular flexibility index (Phi) is 4.92. The number of anilines is 1. The first-order valence-electron chi connectivity index (χ1n) is 8.58. The maximum atomic E-state index is 12.5. The van der Waals surface area contributed by atoms with Crippen LogP contribution in [0.4, 0.5) is 5.69 Å². The number of aromatic hydroxyl groups is 1. The molecule has 1 aromatic carbocycles. The number of phenols is 1. The van der Waals surface area contributed by atoms with Gasteiger partial charge in [0.1, 0.15) is 5.75 Å². The summed E-state index contributed by atoms with van der Waals surface area (Å²) in [4.78, 5) is 28.1. The van der Waals surface area contributed by atoms with Gasteiger partial charge in [-0.3, -0.25) is 9.59 Å². The van der Waals surface area contributed by atoms with Crippen LogP contribution in [0.15, 0.2) is 24.3 Å². The Labute approximate surface area is 142 Å². The van der Waals surface area contributed by atoms with Crippen LogP contribution < -0.4 is 4.90 Å². The fourth-order valence-corrected chi connectivity index (χ4v) is 3.12. The SMILES string of the molecule is CC(OC(=O)C1CCC1)C(=O)N1CCN(c2ccccc2O)CC1. The van der Waals surface area contributed by atoms with E-state index in [4.69, 9.17) is 4.74 Å². The summed E-state index contributed by atoms with van der Waals surface area (Å²) in [6.45, 7) is 4.05. The monoisotopic (exact) mass is 332 g/mol. The van der Waals surface area contributed by atoms with Gasteiger partial charge in [-0.05, 0) is 31.9 Å². The predicted octanol–water partition coefficient (Wildman–Crippen LogP) is 1.77. The van der Waals surface area contributed by atoms with Crippen LogP contribution in [0.3, 0.4) is 0 Å². The molecule has 0 aromatic heterocycles. The molecule has 1 saturated heterocycles. The fraction of sp³-hybridized carbons (Fsp3) is 0.556. The Morgan fingerprint density at radius 3 is 2.42 bits per heavy atom. The van der Waals surface area contributed by atoms with Crippen LogP contribution in [0.2, 0.25) is 0 Å². The molecule has 1 aliphatic carbocycles. The number of hydrogen-bond donors (Lipinski definition) is 1. The lowest BCUT2D eigenvalue weighted by atomic mass is 9.86. The van der Waals surface area contributed by atoms with Crippen molar-refractivity contribution in [2.45, 2.75) is 32.3 Å². The Morgan fingerprint density at radius 1 is 1.17 bits per heavy atom. The number of amides is 1. The molecule has 2 fully saturated rings. The topological polar surface area (TPSA) is 70.1 Å². The summed E-state index contributed by atoms with van der Waals surface area (Å²) >= 11 is 0. The van der Waals surface area contributed by atoms with Crippen molar-refractivity contribution >= 4 is 17.6 Å². The molecular weight excluding hydrogens is 308 g/mol. The number of phenolic OH excluding ortho intramolecular Hbond substituents is 1. The van der Waals surface area contributed by atoms with Crippen LogP contribution in [0, 0.1) is 5.92 Å². The molecule has 0 radical (unpaired) electrons. The summed E-state index contributed by atoms with van der Waals surface area (Å²) in [6, 6.07) is 7.20. The number of nitrogens with zero attached hydrogens (tertiary/aromatic N) is 2. The molecule has 1 saturated carbocycles. The van der Waals surface area contributed by atoms with Crippen molar-refractivity contribution in [1.29, 1.82) is 0 Å². The van der Waals surface area contributed by atoms with Gasteiger partial charge in [0.15, 0.2) is 6.10 Å². The van der Waals surface area contributed by atoms with Gasteiger partial charge in [-0.15, -0.1) is 0 Å². The zero-order chi connectivity index (χ0) is 17.1. The van der Waals surface area contributed by atoms with Gasteiger partial charge in [0, 0.05) is 26.2 Å². The summed E-state index contributed by atoms with van der Waals surface area (Å²) in [5, 5.41) is 9.93. The number of carbonyl (C=O) groups excluding carboxylic acids is 2. The average Bonchev–Trinajstić information content (AvgIpc) is 2.53. The molecule has 1 aliphatic heterocycles. The van der Waals surface area contributed by atoms with Crippen molar-refractivity contribution < 1.29 is 19.4 Å². The molecule has 3 rings (SSSR count). The summed E-state index contributed by atoms with van der Waals surface area (Å²) < 4.78 is 5.32. The zero-order valence-electron chi connectivity index (χ0n) is 14.0. The van der Waals surface area contributed by atoms with Gasteiger partial charge in [-0.25, -0.2) is 0 Å². The molecule has 1 atom stereocenters. The standard InChI is InChI=1S/C18H24N2O4/c1-13(24-18(23)14-5-4-6-14)17(22)20-11-9-19(10-12-20)15-7-2-3-8-16(15)21/h2-3,7-8,13-14,21H,4-6,9-12H2,1H3. The highest BCUT2D eigenvalue weighted by Crippen LogP contribution is 2.29. The molecule has 6 nitrogen and oxygen atoms in total. The van der Waals surface area contributed by atoms with E-state index in [1.165, 1.54) is 0 Å². The van der Waals surface area contributed by atoms with Gasteiger partial charge in [0.05, 0.1) is 11.6 Å². The van der Waals surface area contributed by atoms with E-state index in [0.29, 0.717) is 26.2 Å². The van der Waals surface area contributed by atoms with Crippen LogP contribution in [-0.2, 0) is 14.3 Å². The first kappa shape index (κ1) is 16.6. The second-order valence-electron chi connectivity index (χ2n) is 6.51. The van der Waals surface area contributed by atoms with Crippen molar-refractivity contribution in [2.24, 2.45) is 5.92 Å². The van der Waals surface area contributed by atoms with Gasteiger partial charge in [-0.2, -0.15) is 0 Å². The molecule has 130 valence electrons. The number of para-hydroxylation sites is 2. The summed E-state index contributed by atoms with van der Waals surface area (Å²) in [5.74, 6) is -0.146.